The van der Waals surface area contributed by atoms with E-state index in [-0.39, 0.29) is 11.9 Å². The Morgan fingerprint density at radius 2 is 1.72 bits per heavy atom. The lowest BCUT2D eigenvalue weighted by molar-refractivity contribution is 0.00578. The van der Waals surface area contributed by atoms with E-state index in [1.807, 2.05) is 27.7 Å². The number of hydrogen-bond acceptors (Lipinski definition) is 3. The van der Waals surface area contributed by atoms with Gasteiger partial charge in [-0.2, -0.15) is 0 Å². The molecule has 3 rings (SSSR count). The molecule has 2 fully saturated rings. The maximum Gasteiger partial charge on any atom is 0.497 e. The summed E-state index contributed by atoms with van der Waals surface area (Å²) in [6.07, 6.45) is 5.50. The molecule has 1 aromatic rings. The highest BCUT2D eigenvalue weighted by molar-refractivity contribution is 6.62. The van der Waals surface area contributed by atoms with Crippen LogP contribution in [0.2, 0.25) is 0 Å². The van der Waals surface area contributed by atoms with E-state index < -0.39 is 24.1 Å². The first-order valence-corrected chi connectivity index (χ1v) is 9.15. The van der Waals surface area contributed by atoms with Crippen LogP contribution >= 0.6 is 0 Å². The second-order valence-corrected chi connectivity index (χ2v) is 8.13. The largest absolute Gasteiger partial charge is 0.497 e. The van der Waals surface area contributed by atoms with Gasteiger partial charge in [0.05, 0.1) is 11.2 Å². The van der Waals surface area contributed by atoms with Gasteiger partial charge in [0.25, 0.3) is 5.91 Å². The molecule has 1 heterocycles. The maximum atomic E-state index is 14.6. The fourth-order valence-electron chi connectivity index (χ4n) is 3.35. The molecule has 0 unspecified atom stereocenters. The third-order valence-electron chi connectivity index (χ3n) is 5.71. The molecule has 2 aliphatic rings. The molecule has 25 heavy (non-hydrogen) atoms. The van der Waals surface area contributed by atoms with Crippen LogP contribution in [-0.4, -0.2) is 30.3 Å². The fourth-order valence-corrected chi connectivity index (χ4v) is 3.35. The van der Waals surface area contributed by atoms with Crippen LogP contribution < -0.4 is 10.8 Å². The van der Waals surface area contributed by atoms with Gasteiger partial charge in [0.2, 0.25) is 0 Å². The highest BCUT2D eigenvalue weighted by Gasteiger charge is 2.52. The maximum absolute atomic E-state index is 14.6. The van der Waals surface area contributed by atoms with Crippen molar-refractivity contribution in [1.29, 1.82) is 0 Å². The van der Waals surface area contributed by atoms with Crippen molar-refractivity contribution in [3.05, 3.63) is 29.6 Å². The third kappa shape index (κ3) is 3.75. The lowest BCUT2D eigenvalue weighted by atomic mass is 9.78. The Morgan fingerprint density at radius 3 is 2.28 bits per heavy atom. The number of benzene rings is 1. The van der Waals surface area contributed by atoms with Crippen LogP contribution in [-0.2, 0) is 9.31 Å². The summed E-state index contributed by atoms with van der Waals surface area (Å²) in [5, 5.41) is 3.01. The Hall–Kier alpha value is -1.40. The molecular weight excluding hydrogens is 320 g/mol. The number of nitrogens with one attached hydrogen (secondary N) is 1. The predicted molar refractivity (Wildman–Crippen MR) is 96.5 cm³/mol. The van der Waals surface area contributed by atoms with Crippen molar-refractivity contribution in [1.82, 2.24) is 5.32 Å². The van der Waals surface area contributed by atoms with Crippen molar-refractivity contribution in [2.45, 2.75) is 77.0 Å². The summed E-state index contributed by atoms with van der Waals surface area (Å²) in [5.41, 5.74) is -0.390. The van der Waals surface area contributed by atoms with Crippen LogP contribution in [0.1, 0.15) is 70.2 Å². The van der Waals surface area contributed by atoms with E-state index in [0.29, 0.717) is 11.0 Å². The van der Waals surface area contributed by atoms with Crippen molar-refractivity contribution in [2.75, 3.05) is 0 Å². The minimum Gasteiger partial charge on any atom is -0.399 e. The van der Waals surface area contributed by atoms with E-state index in [1.165, 1.54) is 12.5 Å². The SMILES string of the molecule is CC1(C)OB(c2ccc(C(=O)NC3CCCCC3)cc2F)OC1(C)C. The zero-order valence-corrected chi connectivity index (χ0v) is 15.5. The molecule has 0 aromatic heterocycles. The number of rotatable bonds is 3. The number of halogens is 1. The molecule has 1 N–H and O–H groups in total. The second-order valence-electron chi connectivity index (χ2n) is 8.13. The van der Waals surface area contributed by atoms with Gasteiger partial charge in [-0.05, 0) is 52.7 Å². The van der Waals surface area contributed by atoms with Gasteiger partial charge < -0.3 is 14.6 Å². The Balaban J connectivity index is 1.72. The van der Waals surface area contributed by atoms with Gasteiger partial charge in [-0.1, -0.05) is 25.3 Å². The van der Waals surface area contributed by atoms with Crippen LogP contribution in [0.15, 0.2) is 18.2 Å². The second kappa shape index (κ2) is 6.73. The van der Waals surface area contributed by atoms with Crippen molar-refractivity contribution in [2.24, 2.45) is 0 Å². The van der Waals surface area contributed by atoms with E-state index in [0.717, 1.165) is 25.7 Å². The molecule has 1 saturated heterocycles. The van der Waals surface area contributed by atoms with Crippen LogP contribution in [0, 0.1) is 5.82 Å². The summed E-state index contributed by atoms with van der Waals surface area (Å²) in [7, 11) is -0.763. The molecule has 0 spiro atoms. The Kier molecular flexibility index (Phi) is 4.95. The monoisotopic (exact) mass is 347 g/mol. The van der Waals surface area contributed by atoms with Crippen LogP contribution in [0.5, 0.6) is 0 Å². The molecule has 0 bridgehead atoms. The van der Waals surface area contributed by atoms with Gasteiger partial charge >= 0.3 is 7.12 Å². The van der Waals surface area contributed by atoms with Gasteiger partial charge in [-0.15, -0.1) is 0 Å². The highest BCUT2D eigenvalue weighted by Crippen LogP contribution is 2.36. The summed E-state index contributed by atoms with van der Waals surface area (Å²) < 4.78 is 26.4. The van der Waals surface area contributed by atoms with Crippen molar-refractivity contribution >= 4 is 18.5 Å². The fraction of sp³-hybridized carbons (Fsp3) is 0.632. The smallest absolute Gasteiger partial charge is 0.399 e. The van der Waals surface area contributed by atoms with Gasteiger partial charge in [0.1, 0.15) is 5.82 Å². The first kappa shape index (κ1) is 18.4. The zero-order valence-electron chi connectivity index (χ0n) is 15.5. The zero-order chi connectivity index (χ0) is 18.2. The van der Waals surface area contributed by atoms with Crippen LogP contribution in [0.4, 0.5) is 4.39 Å². The topological polar surface area (TPSA) is 47.6 Å². The van der Waals surface area contributed by atoms with E-state index in [2.05, 4.69) is 5.32 Å². The first-order valence-electron chi connectivity index (χ1n) is 9.15. The molecule has 6 heteroatoms. The molecule has 4 nitrogen and oxygen atoms in total. The third-order valence-corrected chi connectivity index (χ3v) is 5.71. The number of hydrogen-bond donors (Lipinski definition) is 1. The predicted octanol–water partition coefficient (Wildman–Crippen LogP) is 3.19. The van der Waals surface area contributed by atoms with Gasteiger partial charge in [0.15, 0.2) is 0 Å². The molecule has 1 aromatic carbocycles. The van der Waals surface area contributed by atoms with Gasteiger partial charge in [0, 0.05) is 17.1 Å². The summed E-state index contributed by atoms with van der Waals surface area (Å²) in [4.78, 5) is 12.4. The molecule has 136 valence electrons. The summed E-state index contributed by atoms with van der Waals surface area (Å²) >= 11 is 0. The highest BCUT2D eigenvalue weighted by atomic mass is 19.1. The molecular formula is C19H27BFNO3. The van der Waals surface area contributed by atoms with Crippen molar-refractivity contribution in [3.63, 3.8) is 0 Å². The first-order chi connectivity index (χ1) is 11.7. The number of carbonyl (C=O) groups is 1. The van der Waals surface area contributed by atoms with Crippen LogP contribution in [0.3, 0.4) is 0 Å². The summed E-state index contributed by atoms with van der Waals surface area (Å²) in [5.74, 6) is -0.693. The molecule has 1 saturated carbocycles. The Labute approximate surface area is 149 Å². The minimum absolute atomic E-state index is 0.201. The van der Waals surface area contributed by atoms with Crippen molar-refractivity contribution in [3.8, 4) is 0 Å². The number of carbonyl (C=O) groups excluding carboxylic acids is 1. The summed E-state index contributed by atoms with van der Waals surface area (Å²) in [6.45, 7) is 7.71. The average molecular weight is 347 g/mol. The lowest BCUT2D eigenvalue weighted by Gasteiger charge is -2.32. The number of amides is 1. The van der Waals surface area contributed by atoms with Crippen LogP contribution in [0.25, 0.3) is 0 Å². The van der Waals surface area contributed by atoms with Crippen molar-refractivity contribution < 1.29 is 18.5 Å². The van der Waals surface area contributed by atoms with E-state index in [1.54, 1.807) is 12.1 Å². The Bertz CT molecular complexity index is 640. The standard InChI is InChI=1S/C19H27BFNO3/c1-18(2)19(3,4)25-20(24-18)15-11-10-13(12-16(15)21)17(23)22-14-8-6-5-7-9-14/h10-12,14H,5-9H2,1-4H3,(H,22,23). The Morgan fingerprint density at radius 1 is 1.12 bits per heavy atom. The van der Waals surface area contributed by atoms with E-state index in [9.17, 15) is 9.18 Å². The minimum atomic E-state index is -0.763. The average Bonchev–Trinajstić information content (AvgIpc) is 2.76. The molecule has 1 aliphatic carbocycles. The molecule has 0 radical (unpaired) electrons. The summed E-state index contributed by atoms with van der Waals surface area (Å²) in [6, 6.07) is 4.71. The van der Waals surface area contributed by atoms with E-state index >= 15 is 0 Å². The van der Waals surface area contributed by atoms with E-state index in [4.69, 9.17) is 9.31 Å². The molecule has 1 amide bonds. The quantitative estimate of drug-likeness (QED) is 0.855. The van der Waals surface area contributed by atoms with Gasteiger partial charge in [-0.3, -0.25) is 4.79 Å². The normalized spacial score (nSPS) is 22.8. The molecule has 0 atom stereocenters. The molecule has 1 aliphatic heterocycles. The lowest BCUT2D eigenvalue weighted by Crippen LogP contribution is -2.41. The van der Waals surface area contributed by atoms with Gasteiger partial charge in [-0.25, -0.2) is 4.39 Å².